The molecule has 0 radical (unpaired) electrons. The number of benzene rings is 1. The quantitative estimate of drug-likeness (QED) is 0.388. The third-order valence-corrected chi connectivity index (χ3v) is 12.4. The zero-order chi connectivity index (χ0) is 34.2. The van der Waals surface area contributed by atoms with Crippen molar-refractivity contribution < 1.29 is 22.3 Å². The van der Waals surface area contributed by atoms with Gasteiger partial charge in [-0.25, -0.2) is 9.37 Å². The molecule has 4 fully saturated rings. The lowest BCUT2D eigenvalue weighted by atomic mass is 9.72. The van der Waals surface area contributed by atoms with E-state index in [1.807, 2.05) is 27.7 Å². The van der Waals surface area contributed by atoms with E-state index in [1.54, 1.807) is 13.5 Å². The summed E-state index contributed by atoms with van der Waals surface area (Å²) in [4.78, 5) is 24.4. The Hall–Kier alpha value is -2.69. The normalized spacial score (nSPS) is 23.5. The van der Waals surface area contributed by atoms with E-state index >= 15 is 0 Å². The average molecular weight is 724 g/mol. The molecule has 1 aromatic heterocycles. The van der Waals surface area contributed by atoms with Crippen molar-refractivity contribution in [2.45, 2.75) is 77.9 Å². The predicted octanol–water partition coefficient (Wildman–Crippen LogP) is 3.38. The molecule has 4 aliphatic heterocycles. The Morgan fingerprint density at radius 3 is 2.45 bits per heavy atom. The van der Waals surface area contributed by atoms with Crippen LogP contribution in [0, 0.1) is 17.2 Å². The number of nitrogens with zero attached hydrogens (tertiary/aromatic N) is 8. The first-order chi connectivity index (χ1) is 22.8. The number of carbonyl (C=O) groups is 1. The zero-order valence-electron chi connectivity index (χ0n) is 29.0. The van der Waals surface area contributed by atoms with Crippen LogP contribution in [0.3, 0.4) is 0 Å². The largest absolute Gasteiger partial charge is 0.434 e. The minimum atomic E-state index is -3.45. The van der Waals surface area contributed by atoms with E-state index in [1.165, 1.54) is 24.5 Å². The number of hydrogen-bond donors (Lipinski definition) is 1. The molecule has 1 spiro atoms. The Labute approximate surface area is 295 Å². The highest BCUT2D eigenvalue weighted by Gasteiger charge is 2.48. The number of carbonyl (C=O) groups excluding carboxylic acids is 1. The molecule has 0 aliphatic carbocycles. The van der Waals surface area contributed by atoms with Crippen molar-refractivity contribution in [1.82, 2.24) is 33.6 Å². The van der Waals surface area contributed by atoms with Gasteiger partial charge in [-0.05, 0) is 89.3 Å². The smallest absolute Gasteiger partial charge is 0.282 e. The lowest BCUT2D eigenvalue weighted by molar-refractivity contribution is -0.0413. The second kappa shape index (κ2) is 15.3. The first kappa shape index (κ1) is 37.6. The number of anilines is 1. The van der Waals surface area contributed by atoms with Crippen molar-refractivity contribution in [3.63, 3.8) is 0 Å². The molecule has 4 saturated heterocycles. The first-order valence-corrected chi connectivity index (χ1v) is 18.7. The second-order valence-electron chi connectivity index (χ2n) is 14.7. The molecular weight excluding hydrogens is 673 g/mol. The fraction of sp³-hybridized carbons (Fsp3) is 0.697. The van der Waals surface area contributed by atoms with Gasteiger partial charge in [0, 0.05) is 77.0 Å². The fourth-order valence-corrected chi connectivity index (χ4v) is 9.74. The number of likely N-dealkylation sites (tertiary alicyclic amines) is 1. The molecule has 272 valence electrons. The van der Waals surface area contributed by atoms with Crippen LogP contribution in [0.1, 0.15) is 70.2 Å². The third-order valence-electron chi connectivity index (χ3n) is 10.4. The van der Waals surface area contributed by atoms with Gasteiger partial charge >= 0.3 is 0 Å². The number of ether oxygens (including phenoxy) is 1. The maximum atomic E-state index is 14.4. The van der Waals surface area contributed by atoms with E-state index in [-0.39, 0.29) is 59.0 Å². The Morgan fingerprint density at radius 2 is 1.78 bits per heavy atom. The second-order valence-corrected chi connectivity index (χ2v) is 16.6. The summed E-state index contributed by atoms with van der Waals surface area (Å²) in [5.74, 6) is 0.502. The number of rotatable bonds is 10. The topological polar surface area (TPSA) is 141 Å². The molecule has 2 N–H and O–H groups in total. The van der Waals surface area contributed by atoms with Crippen molar-refractivity contribution in [3.8, 4) is 11.6 Å². The van der Waals surface area contributed by atoms with Gasteiger partial charge < -0.3 is 25.2 Å². The summed E-state index contributed by atoms with van der Waals surface area (Å²) in [6, 6.07) is 3.68. The number of nitrogens with two attached hydrogens (primary N) is 1. The molecule has 4 aliphatic rings. The average Bonchev–Trinajstić information content (AvgIpc) is 3.49. The fourth-order valence-electron chi connectivity index (χ4n) is 8.03. The molecule has 2 atom stereocenters. The highest BCUT2D eigenvalue weighted by atomic mass is 35.5. The van der Waals surface area contributed by atoms with Gasteiger partial charge in [-0.1, -0.05) is 0 Å². The summed E-state index contributed by atoms with van der Waals surface area (Å²) < 4.78 is 50.3. The predicted molar refractivity (Wildman–Crippen MR) is 188 cm³/mol. The Balaban J connectivity index is 0.00000468. The van der Waals surface area contributed by atoms with Crippen molar-refractivity contribution >= 4 is 34.3 Å². The summed E-state index contributed by atoms with van der Waals surface area (Å²) >= 11 is 0. The summed E-state index contributed by atoms with van der Waals surface area (Å²) in [6.07, 6.45) is 5.83. The van der Waals surface area contributed by atoms with Gasteiger partial charge in [0.25, 0.3) is 22.0 Å². The van der Waals surface area contributed by atoms with Crippen LogP contribution in [-0.4, -0.2) is 125 Å². The molecule has 0 saturated carbocycles. The number of piperidine rings is 2. The molecule has 1 aromatic carbocycles. The lowest BCUT2D eigenvalue weighted by Crippen LogP contribution is -2.62. The molecule has 0 bridgehead atoms. The van der Waals surface area contributed by atoms with Gasteiger partial charge in [0.2, 0.25) is 0 Å². The van der Waals surface area contributed by atoms with Crippen molar-refractivity contribution in [2.75, 3.05) is 63.8 Å². The highest BCUT2D eigenvalue weighted by Crippen LogP contribution is 2.42. The van der Waals surface area contributed by atoms with Crippen LogP contribution < -0.4 is 15.4 Å². The Morgan fingerprint density at radius 1 is 1.06 bits per heavy atom. The number of halogens is 2. The van der Waals surface area contributed by atoms with Gasteiger partial charge in [-0.3, -0.25) is 4.79 Å². The van der Waals surface area contributed by atoms with Crippen LogP contribution in [0.15, 0.2) is 24.5 Å². The summed E-state index contributed by atoms with van der Waals surface area (Å²) in [5, 5.41) is 8.17. The minimum Gasteiger partial charge on any atom is -0.434 e. The molecule has 16 heteroatoms. The Kier molecular flexibility index (Phi) is 11.7. The molecule has 0 unspecified atom stereocenters. The SMILES string of the molecule is CC(C)N(C(=O)c1cc(F)ccc1Oc1nncnc1N1CC[C@@H](CN2CC3(CCN(S(=O)(=O)N4CCC[C@@H](N)C4)CC3)C2)C1)C(C)C.Cl. The van der Waals surface area contributed by atoms with Crippen LogP contribution in [0.2, 0.25) is 0 Å². The molecule has 1 amide bonds. The molecule has 13 nitrogen and oxygen atoms in total. The zero-order valence-corrected chi connectivity index (χ0v) is 30.6. The van der Waals surface area contributed by atoms with E-state index in [0.717, 1.165) is 64.8 Å². The monoisotopic (exact) mass is 723 g/mol. The van der Waals surface area contributed by atoms with Crippen molar-refractivity contribution in [1.29, 1.82) is 0 Å². The van der Waals surface area contributed by atoms with Crippen LogP contribution in [-0.2, 0) is 10.2 Å². The molecule has 6 rings (SSSR count). The standard InChI is InChI=1S/C33H50FN9O4S.ClH/c1-23(2)43(24(3)4)32(44)28-16-26(34)7-8-29(28)47-31-30(36-22-37-38-31)40-13-9-25(18-40)17-39-20-33(21-39)10-14-41(15-11-33)48(45,46)42-12-5-6-27(35)19-42;/h7-8,16,22-25,27H,5-6,9-15,17-21,35H2,1-4H3;1H/t25-,27+;/m0./s1. The van der Waals surface area contributed by atoms with E-state index in [0.29, 0.717) is 37.9 Å². The lowest BCUT2D eigenvalue weighted by Gasteiger charge is -2.54. The first-order valence-electron chi connectivity index (χ1n) is 17.3. The summed E-state index contributed by atoms with van der Waals surface area (Å²) in [5.41, 5.74) is 6.37. The van der Waals surface area contributed by atoms with E-state index in [2.05, 4.69) is 25.0 Å². The highest BCUT2D eigenvalue weighted by molar-refractivity contribution is 7.86. The third kappa shape index (κ3) is 8.12. The number of amides is 1. The minimum absolute atomic E-state index is 0. The summed E-state index contributed by atoms with van der Waals surface area (Å²) in [7, 11) is -3.45. The van der Waals surface area contributed by atoms with Crippen molar-refractivity contribution in [2.24, 2.45) is 17.1 Å². The van der Waals surface area contributed by atoms with Crippen LogP contribution in [0.25, 0.3) is 0 Å². The Bertz CT molecular complexity index is 1560. The van der Waals surface area contributed by atoms with Gasteiger partial charge in [0.15, 0.2) is 5.82 Å². The number of hydrogen-bond acceptors (Lipinski definition) is 10. The van der Waals surface area contributed by atoms with E-state index in [9.17, 15) is 17.6 Å². The van der Waals surface area contributed by atoms with Crippen LogP contribution >= 0.6 is 12.4 Å². The molecule has 5 heterocycles. The number of aromatic nitrogens is 3. The van der Waals surface area contributed by atoms with Gasteiger partial charge in [-0.2, -0.15) is 17.0 Å². The van der Waals surface area contributed by atoms with Crippen molar-refractivity contribution in [3.05, 3.63) is 35.9 Å². The van der Waals surface area contributed by atoms with Gasteiger partial charge in [0.1, 0.15) is 17.9 Å². The molecule has 49 heavy (non-hydrogen) atoms. The van der Waals surface area contributed by atoms with Gasteiger partial charge in [-0.15, -0.1) is 22.6 Å². The van der Waals surface area contributed by atoms with E-state index in [4.69, 9.17) is 10.5 Å². The van der Waals surface area contributed by atoms with Crippen LogP contribution in [0.4, 0.5) is 10.2 Å². The molecule has 2 aromatic rings. The van der Waals surface area contributed by atoms with Crippen LogP contribution in [0.5, 0.6) is 11.6 Å². The van der Waals surface area contributed by atoms with E-state index < -0.39 is 16.0 Å². The summed E-state index contributed by atoms with van der Waals surface area (Å²) in [6.45, 7) is 14.3. The molecular formula is C33H51ClFN9O4S. The maximum absolute atomic E-state index is 14.4. The van der Waals surface area contributed by atoms with Gasteiger partial charge in [0.05, 0.1) is 5.56 Å². The maximum Gasteiger partial charge on any atom is 0.282 e.